The molecule has 2 aliphatic rings. The number of nitrogens with two attached hydrogens (primary N) is 1. The standard InChI is InChI=1S/C16H31NO/c1-4-18-16(11-9-15(2,3)10-12-16)14(17)13-7-5-6-8-13/h13-14H,4-12,17H2,1-3H3. The van der Waals surface area contributed by atoms with E-state index in [2.05, 4.69) is 20.8 Å². The van der Waals surface area contributed by atoms with Crippen LogP contribution < -0.4 is 5.73 Å². The first-order valence-corrected chi connectivity index (χ1v) is 7.89. The summed E-state index contributed by atoms with van der Waals surface area (Å²) in [7, 11) is 0. The van der Waals surface area contributed by atoms with Crippen molar-refractivity contribution in [1.29, 1.82) is 0 Å². The van der Waals surface area contributed by atoms with E-state index in [-0.39, 0.29) is 11.6 Å². The predicted octanol–water partition coefficient (Wildman–Crippen LogP) is 3.88. The second-order valence-corrected chi connectivity index (χ2v) is 7.23. The molecule has 2 saturated carbocycles. The SMILES string of the molecule is CCOC1(C(N)C2CCCC2)CCC(C)(C)CC1. The highest BCUT2D eigenvalue weighted by atomic mass is 16.5. The van der Waals surface area contributed by atoms with E-state index in [1.54, 1.807) is 0 Å². The fraction of sp³-hybridized carbons (Fsp3) is 1.00. The fourth-order valence-electron chi connectivity index (χ4n) is 3.96. The van der Waals surface area contributed by atoms with Gasteiger partial charge in [-0.25, -0.2) is 0 Å². The molecule has 2 fully saturated rings. The first-order chi connectivity index (χ1) is 8.49. The van der Waals surface area contributed by atoms with Crippen molar-refractivity contribution in [1.82, 2.24) is 0 Å². The van der Waals surface area contributed by atoms with E-state index < -0.39 is 0 Å². The van der Waals surface area contributed by atoms with E-state index in [9.17, 15) is 0 Å². The summed E-state index contributed by atoms with van der Waals surface area (Å²) in [5.74, 6) is 0.706. The zero-order chi connectivity index (χ0) is 13.2. The molecule has 106 valence electrons. The molecule has 2 aliphatic carbocycles. The summed E-state index contributed by atoms with van der Waals surface area (Å²) in [5, 5.41) is 0. The van der Waals surface area contributed by atoms with E-state index in [1.807, 2.05) is 0 Å². The van der Waals surface area contributed by atoms with Crippen molar-refractivity contribution >= 4 is 0 Å². The van der Waals surface area contributed by atoms with Crippen molar-refractivity contribution in [2.24, 2.45) is 17.1 Å². The van der Waals surface area contributed by atoms with E-state index >= 15 is 0 Å². The van der Waals surface area contributed by atoms with Crippen LogP contribution >= 0.6 is 0 Å². The maximum Gasteiger partial charge on any atom is 0.0835 e. The van der Waals surface area contributed by atoms with Crippen LogP contribution in [-0.2, 0) is 4.74 Å². The zero-order valence-electron chi connectivity index (χ0n) is 12.5. The molecular weight excluding hydrogens is 222 g/mol. The van der Waals surface area contributed by atoms with Gasteiger partial charge >= 0.3 is 0 Å². The van der Waals surface area contributed by atoms with Gasteiger partial charge in [-0.2, -0.15) is 0 Å². The summed E-state index contributed by atoms with van der Waals surface area (Å²) in [4.78, 5) is 0. The van der Waals surface area contributed by atoms with Crippen LogP contribution in [-0.4, -0.2) is 18.2 Å². The quantitative estimate of drug-likeness (QED) is 0.825. The summed E-state index contributed by atoms with van der Waals surface area (Å²) in [6.45, 7) is 7.68. The van der Waals surface area contributed by atoms with E-state index in [1.165, 1.54) is 38.5 Å². The Hall–Kier alpha value is -0.0800. The highest BCUT2D eigenvalue weighted by molar-refractivity contribution is 5.00. The molecule has 2 N–H and O–H groups in total. The Morgan fingerprint density at radius 2 is 1.67 bits per heavy atom. The summed E-state index contributed by atoms with van der Waals surface area (Å²) in [6, 6.07) is 0.260. The Balaban J connectivity index is 2.06. The van der Waals surface area contributed by atoms with Crippen molar-refractivity contribution in [3.63, 3.8) is 0 Å². The van der Waals surface area contributed by atoms with Crippen LogP contribution in [0.4, 0.5) is 0 Å². The minimum absolute atomic E-state index is 0.0146. The minimum atomic E-state index is -0.0146. The molecule has 0 heterocycles. The van der Waals surface area contributed by atoms with Crippen LogP contribution in [0.25, 0.3) is 0 Å². The first-order valence-electron chi connectivity index (χ1n) is 7.89. The molecule has 0 bridgehead atoms. The summed E-state index contributed by atoms with van der Waals surface area (Å²) < 4.78 is 6.21. The van der Waals surface area contributed by atoms with Gasteiger partial charge in [0.2, 0.25) is 0 Å². The van der Waals surface area contributed by atoms with Gasteiger partial charge < -0.3 is 10.5 Å². The lowest BCUT2D eigenvalue weighted by Crippen LogP contribution is -2.56. The molecule has 0 amide bonds. The molecule has 0 aromatic carbocycles. The number of hydrogen-bond donors (Lipinski definition) is 1. The van der Waals surface area contributed by atoms with E-state index in [0.717, 1.165) is 19.4 Å². The second-order valence-electron chi connectivity index (χ2n) is 7.23. The molecule has 0 aliphatic heterocycles. The lowest BCUT2D eigenvalue weighted by atomic mass is 9.66. The number of hydrogen-bond acceptors (Lipinski definition) is 2. The molecule has 1 unspecified atom stereocenters. The number of rotatable bonds is 4. The van der Waals surface area contributed by atoms with Crippen LogP contribution in [0.2, 0.25) is 0 Å². The maximum atomic E-state index is 6.64. The Labute approximate surface area is 113 Å². The lowest BCUT2D eigenvalue weighted by Gasteiger charge is -2.48. The van der Waals surface area contributed by atoms with Gasteiger partial charge in [-0.1, -0.05) is 26.7 Å². The first kappa shape index (κ1) is 14.3. The van der Waals surface area contributed by atoms with Crippen molar-refractivity contribution in [2.75, 3.05) is 6.61 Å². The smallest absolute Gasteiger partial charge is 0.0835 e. The van der Waals surface area contributed by atoms with Gasteiger partial charge in [-0.05, 0) is 56.8 Å². The van der Waals surface area contributed by atoms with E-state index in [4.69, 9.17) is 10.5 Å². The second kappa shape index (κ2) is 5.50. The Morgan fingerprint density at radius 3 is 2.17 bits per heavy atom. The third-order valence-corrected chi connectivity index (χ3v) is 5.40. The monoisotopic (exact) mass is 253 g/mol. The Bertz CT molecular complexity index is 258. The zero-order valence-corrected chi connectivity index (χ0v) is 12.5. The molecule has 1 atom stereocenters. The van der Waals surface area contributed by atoms with Gasteiger partial charge in [0, 0.05) is 12.6 Å². The van der Waals surface area contributed by atoms with Gasteiger partial charge in [0.15, 0.2) is 0 Å². The van der Waals surface area contributed by atoms with Crippen LogP contribution in [0.5, 0.6) is 0 Å². The summed E-state index contributed by atoms with van der Waals surface area (Å²) >= 11 is 0. The Morgan fingerprint density at radius 1 is 1.11 bits per heavy atom. The van der Waals surface area contributed by atoms with Crippen LogP contribution in [0.1, 0.15) is 72.1 Å². The normalized spacial score (nSPS) is 29.3. The average Bonchev–Trinajstić information content (AvgIpc) is 2.85. The van der Waals surface area contributed by atoms with Crippen LogP contribution in [0.15, 0.2) is 0 Å². The van der Waals surface area contributed by atoms with Gasteiger partial charge in [0.25, 0.3) is 0 Å². The molecule has 0 aromatic rings. The number of ether oxygens (including phenoxy) is 1. The molecule has 0 radical (unpaired) electrons. The third kappa shape index (κ3) is 2.91. The van der Waals surface area contributed by atoms with Gasteiger partial charge in [0.1, 0.15) is 0 Å². The molecule has 2 heteroatoms. The van der Waals surface area contributed by atoms with Gasteiger partial charge in [0.05, 0.1) is 5.60 Å². The van der Waals surface area contributed by atoms with Crippen LogP contribution in [0.3, 0.4) is 0 Å². The lowest BCUT2D eigenvalue weighted by molar-refractivity contribution is -0.109. The highest BCUT2D eigenvalue weighted by Crippen LogP contribution is 2.46. The molecule has 0 saturated heterocycles. The summed E-state index contributed by atoms with van der Waals surface area (Å²) in [6.07, 6.45) is 10.2. The molecule has 0 aromatic heterocycles. The van der Waals surface area contributed by atoms with Crippen molar-refractivity contribution in [2.45, 2.75) is 83.8 Å². The maximum absolute atomic E-state index is 6.64. The van der Waals surface area contributed by atoms with Crippen molar-refractivity contribution in [3.05, 3.63) is 0 Å². The molecule has 2 nitrogen and oxygen atoms in total. The van der Waals surface area contributed by atoms with Gasteiger partial charge in [-0.3, -0.25) is 0 Å². The van der Waals surface area contributed by atoms with Crippen molar-refractivity contribution < 1.29 is 4.74 Å². The van der Waals surface area contributed by atoms with Gasteiger partial charge in [-0.15, -0.1) is 0 Å². The summed E-state index contributed by atoms with van der Waals surface area (Å²) in [5.41, 5.74) is 7.11. The highest BCUT2D eigenvalue weighted by Gasteiger charge is 2.46. The molecule has 2 rings (SSSR count). The van der Waals surface area contributed by atoms with E-state index in [0.29, 0.717) is 11.3 Å². The third-order valence-electron chi connectivity index (χ3n) is 5.40. The Kier molecular flexibility index (Phi) is 4.38. The minimum Gasteiger partial charge on any atom is -0.374 e. The molecule has 18 heavy (non-hydrogen) atoms. The fourth-order valence-corrected chi connectivity index (χ4v) is 3.96. The topological polar surface area (TPSA) is 35.2 Å². The average molecular weight is 253 g/mol. The predicted molar refractivity (Wildman–Crippen MR) is 76.5 cm³/mol. The van der Waals surface area contributed by atoms with Crippen molar-refractivity contribution in [3.8, 4) is 0 Å². The van der Waals surface area contributed by atoms with Crippen LogP contribution in [0, 0.1) is 11.3 Å². The largest absolute Gasteiger partial charge is 0.374 e. The molecular formula is C16H31NO. The molecule has 0 spiro atoms.